The van der Waals surface area contributed by atoms with Crippen LogP contribution < -0.4 is 10.6 Å². The van der Waals surface area contributed by atoms with Crippen LogP contribution in [-0.4, -0.2) is 41.8 Å². The van der Waals surface area contributed by atoms with Gasteiger partial charge in [0.2, 0.25) is 5.91 Å². The predicted octanol–water partition coefficient (Wildman–Crippen LogP) is 4.31. The minimum Gasteiger partial charge on any atom is -0.481 e. The summed E-state index contributed by atoms with van der Waals surface area (Å²) in [7, 11) is 0. The van der Waals surface area contributed by atoms with E-state index in [1.165, 1.54) is 0 Å². The van der Waals surface area contributed by atoms with Gasteiger partial charge in [-0.05, 0) is 34.6 Å². The van der Waals surface area contributed by atoms with E-state index in [4.69, 9.17) is 9.84 Å². The molecule has 0 aromatic heterocycles. The van der Waals surface area contributed by atoms with Gasteiger partial charge in [-0.3, -0.25) is 9.59 Å². The molecule has 0 saturated carbocycles. The van der Waals surface area contributed by atoms with Crippen molar-refractivity contribution in [1.29, 1.82) is 0 Å². The molecule has 0 radical (unpaired) electrons. The molecule has 33 heavy (non-hydrogen) atoms. The highest BCUT2D eigenvalue weighted by atomic mass is 16.5. The van der Waals surface area contributed by atoms with E-state index in [-0.39, 0.29) is 24.9 Å². The monoisotopic (exact) mass is 452 g/mol. The number of alkyl carbamates (subject to hydrolysis) is 1. The van der Waals surface area contributed by atoms with Crippen LogP contribution in [0.3, 0.4) is 0 Å². The van der Waals surface area contributed by atoms with Crippen LogP contribution in [0.2, 0.25) is 0 Å². The number of carbonyl (C=O) groups is 3. The van der Waals surface area contributed by atoms with Crippen LogP contribution in [0.1, 0.15) is 57.1 Å². The van der Waals surface area contributed by atoms with E-state index in [1.54, 1.807) is 0 Å². The molecule has 0 aliphatic heterocycles. The van der Waals surface area contributed by atoms with E-state index >= 15 is 0 Å². The molecule has 1 aliphatic carbocycles. The van der Waals surface area contributed by atoms with Crippen LogP contribution in [-0.2, 0) is 14.3 Å². The molecule has 3 N–H and O–H groups in total. The Morgan fingerprint density at radius 3 is 2.06 bits per heavy atom. The fourth-order valence-electron chi connectivity index (χ4n) is 4.38. The Bertz CT molecular complexity index is 958. The third-order valence-electron chi connectivity index (χ3n) is 5.97. The number of fused-ring (bicyclic) bond motifs is 3. The zero-order valence-corrected chi connectivity index (χ0v) is 19.3. The molecule has 0 saturated heterocycles. The second-order valence-electron chi connectivity index (χ2n) is 8.78. The van der Waals surface area contributed by atoms with Crippen molar-refractivity contribution in [3.63, 3.8) is 0 Å². The van der Waals surface area contributed by atoms with Gasteiger partial charge in [0.25, 0.3) is 0 Å². The molecule has 7 heteroatoms. The predicted molar refractivity (Wildman–Crippen MR) is 126 cm³/mol. The minimum absolute atomic E-state index is 0.0704. The standard InChI is InChI=1S/C26H32N2O5/c1-4-9-17(14-23(29)30)27-25(31)24(16(2)3)28-26(32)33-15-22-20-12-7-5-10-18(20)19-11-6-8-13-21(19)22/h5-8,10-13,16-17,22,24H,4,9,14-15H2,1-3H3,(H,27,31)(H,28,32)(H,29,30)/t17-,24+/m0/s1. The summed E-state index contributed by atoms with van der Waals surface area (Å²) >= 11 is 0. The van der Waals surface area contributed by atoms with Crippen molar-refractivity contribution in [2.75, 3.05) is 6.61 Å². The highest BCUT2D eigenvalue weighted by molar-refractivity contribution is 5.86. The first-order valence-corrected chi connectivity index (χ1v) is 11.5. The first-order valence-electron chi connectivity index (χ1n) is 11.5. The molecular weight excluding hydrogens is 420 g/mol. The van der Waals surface area contributed by atoms with Gasteiger partial charge < -0.3 is 20.5 Å². The van der Waals surface area contributed by atoms with Gasteiger partial charge in [-0.25, -0.2) is 4.79 Å². The van der Waals surface area contributed by atoms with Gasteiger partial charge in [0, 0.05) is 12.0 Å². The third-order valence-corrected chi connectivity index (χ3v) is 5.97. The number of rotatable bonds is 10. The second kappa shape index (κ2) is 11.0. The number of hydrogen-bond donors (Lipinski definition) is 3. The average Bonchev–Trinajstić information content (AvgIpc) is 3.09. The topological polar surface area (TPSA) is 105 Å². The fraction of sp³-hybridized carbons (Fsp3) is 0.423. The summed E-state index contributed by atoms with van der Waals surface area (Å²) in [5.41, 5.74) is 4.50. The summed E-state index contributed by atoms with van der Waals surface area (Å²) in [6, 6.07) is 14.8. The molecule has 0 unspecified atom stereocenters. The van der Waals surface area contributed by atoms with Gasteiger partial charge >= 0.3 is 12.1 Å². The van der Waals surface area contributed by atoms with Gasteiger partial charge in [0.15, 0.2) is 0 Å². The lowest BCUT2D eigenvalue weighted by molar-refractivity contribution is -0.137. The lowest BCUT2D eigenvalue weighted by Gasteiger charge is -2.25. The van der Waals surface area contributed by atoms with Crippen LogP contribution in [0.15, 0.2) is 48.5 Å². The van der Waals surface area contributed by atoms with Crippen LogP contribution >= 0.6 is 0 Å². The van der Waals surface area contributed by atoms with E-state index in [9.17, 15) is 14.4 Å². The Hall–Kier alpha value is -3.35. The Labute approximate surface area is 194 Å². The van der Waals surface area contributed by atoms with E-state index in [1.807, 2.05) is 57.2 Å². The molecule has 0 heterocycles. The van der Waals surface area contributed by atoms with Crippen LogP contribution in [0.4, 0.5) is 4.79 Å². The molecule has 2 amide bonds. The van der Waals surface area contributed by atoms with Gasteiger partial charge in [0.1, 0.15) is 12.6 Å². The maximum absolute atomic E-state index is 12.8. The van der Waals surface area contributed by atoms with Gasteiger partial charge in [-0.2, -0.15) is 0 Å². The summed E-state index contributed by atoms with van der Waals surface area (Å²) in [5.74, 6) is -1.64. The molecule has 0 spiro atoms. The largest absolute Gasteiger partial charge is 0.481 e. The number of ether oxygens (including phenoxy) is 1. The van der Waals surface area contributed by atoms with Crippen molar-refractivity contribution in [3.8, 4) is 11.1 Å². The SMILES string of the molecule is CCC[C@@H](CC(=O)O)NC(=O)[C@H](NC(=O)OCC1c2ccccc2-c2ccccc21)C(C)C. The second-order valence-corrected chi connectivity index (χ2v) is 8.78. The van der Waals surface area contributed by atoms with E-state index in [2.05, 4.69) is 22.8 Å². The number of aliphatic carboxylic acids is 1. The highest BCUT2D eigenvalue weighted by Gasteiger charge is 2.31. The molecule has 1 aliphatic rings. The van der Waals surface area contributed by atoms with Crippen LogP contribution in [0.25, 0.3) is 11.1 Å². The lowest BCUT2D eigenvalue weighted by atomic mass is 9.98. The summed E-state index contributed by atoms with van der Waals surface area (Å²) < 4.78 is 5.56. The number of nitrogens with one attached hydrogen (secondary N) is 2. The summed E-state index contributed by atoms with van der Waals surface area (Å²) in [6.45, 7) is 5.72. The minimum atomic E-state index is -0.973. The molecule has 3 rings (SSSR count). The van der Waals surface area contributed by atoms with E-state index < -0.39 is 30.1 Å². The van der Waals surface area contributed by atoms with E-state index in [0.29, 0.717) is 6.42 Å². The summed E-state index contributed by atoms with van der Waals surface area (Å²) in [5, 5.41) is 14.5. The summed E-state index contributed by atoms with van der Waals surface area (Å²) in [4.78, 5) is 36.5. The molecule has 0 bridgehead atoms. The van der Waals surface area contributed by atoms with Crippen molar-refractivity contribution in [2.24, 2.45) is 5.92 Å². The zero-order valence-electron chi connectivity index (χ0n) is 19.3. The third kappa shape index (κ3) is 5.92. The van der Waals surface area contributed by atoms with Gasteiger partial charge in [0.05, 0.1) is 6.42 Å². The number of amides is 2. The Kier molecular flexibility index (Phi) is 8.09. The summed E-state index contributed by atoms with van der Waals surface area (Å²) in [6.07, 6.45) is 0.462. The zero-order chi connectivity index (χ0) is 24.0. The quantitative estimate of drug-likeness (QED) is 0.498. The smallest absolute Gasteiger partial charge is 0.407 e. The van der Waals surface area contributed by atoms with Crippen LogP contribution in [0, 0.1) is 5.92 Å². The number of carboxylic acid groups (broad SMARTS) is 1. The molecular formula is C26H32N2O5. The van der Waals surface area contributed by atoms with Gasteiger partial charge in [-0.1, -0.05) is 75.7 Å². The average molecular weight is 453 g/mol. The van der Waals surface area contributed by atoms with Crippen molar-refractivity contribution in [1.82, 2.24) is 10.6 Å². The first kappa shape index (κ1) is 24.3. The normalized spacial score (nSPS) is 14.2. The molecule has 2 aromatic rings. The number of hydrogen-bond acceptors (Lipinski definition) is 4. The van der Waals surface area contributed by atoms with Crippen molar-refractivity contribution >= 4 is 18.0 Å². The molecule has 0 fully saturated rings. The Morgan fingerprint density at radius 2 is 1.55 bits per heavy atom. The lowest BCUT2D eigenvalue weighted by Crippen LogP contribution is -2.52. The van der Waals surface area contributed by atoms with Crippen molar-refractivity contribution in [3.05, 3.63) is 59.7 Å². The first-order chi connectivity index (χ1) is 15.8. The van der Waals surface area contributed by atoms with Crippen molar-refractivity contribution < 1.29 is 24.2 Å². The maximum atomic E-state index is 12.8. The highest BCUT2D eigenvalue weighted by Crippen LogP contribution is 2.44. The fourth-order valence-corrected chi connectivity index (χ4v) is 4.38. The molecule has 2 aromatic carbocycles. The molecule has 7 nitrogen and oxygen atoms in total. The number of carbonyl (C=O) groups excluding carboxylic acids is 2. The van der Waals surface area contributed by atoms with Crippen LogP contribution in [0.5, 0.6) is 0 Å². The number of carboxylic acids is 1. The maximum Gasteiger partial charge on any atom is 0.407 e. The van der Waals surface area contributed by atoms with Gasteiger partial charge in [-0.15, -0.1) is 0 Å². The molecule has 176 valence electrons. The molecule has 2 atom stereocenters. The Balaban J connectivity index is 1.64. The van der Waals surface area contributed by atoms with E-state index in [0.717, 1.165) is 28.7 Å². The Morgan fingerprint density at radius 1 is 0.970 bits per heavy atom. The number of benzene rings is 2. The van der Waals surface area contributed by atoms with Crippen molar-refractivity contribution in [2.45, 2.75) is 58.0 Å².